The maximum Gasteiger partial charge on any atom is 0.0750 e. The van der Waals surface area contributed by atoms with E-state index in [2.05, 4.69) is 36.1 Å². The largest absolute Gasteiger partial charge is 0.376 e. The molecule has 1 aromatic rings. The first-order chi connectivity index (χ1) is 8.83. The van der Waals surface area contributed by atoms with E-state index < -0.39 is 0 Å². The van der Waals surface area contributed by atoms with Gasteiger partial charge in [-0.05, 0) is 37.0 Å². The van der Waals surface area contributed by atoms with Gasteiger partial charge in [0.15, 0.2) is 0 Å². The van der Waals surface area contributed by atoms with Crippen LogP contribution in [0, 0.1) is 0 Å². The number of alkyl halides is 1. The zero-order valence-corrected chi connectivity index (χ0v) is 11.8. The van der Waals surface area contributed by atoms with Crippen LogP contribution >= 0.6 is 11.6 Å². The number of hydrogen-bond acceptors (Lipinski definition) is 2. The molecule has 2 nitrogen and oxygen atoms in total. The molecule has 0 saturated carbocycles. The summed E-state index contributed by atoms with van der Waals surface area (Å²) in [6, 6.07) is 8.55. The van der Waals surface area contributed by atoms with E-state index >= 15 is 0 Å². The number of piperidine rings is 1. The summed E-state index contributed by atoms with van der Waals surface area (Å²) in [6.07, 6.45) is 3.90. The second-order valence-electron chi connectivity index (χ2n) is 4.88. The molecule has 0 radical (unpaired) electrons. The molecule has 0 aliphatic carbocycles. The zero-order chi connectivity index (χ0) is 12.8. The number of anilines is 1. The van der Waals surface area contributed by atoms with Crippen LogP contribution in [0.1, 0.15) is 31.7 Å². The van der Waals surface area contributed by atoms with Gasteiger partial charge in [-0.2, -0.15) is 0 Å². The Labute approximate surface area is 115 Å². The van der Waals surface area contributed by atoms with Crippen LogP contribution in [0.25, 0.3) is 0 Å². The molecule has 1 aliphatic rings. The van der Waals surface area contributed by atoms with Crippen molar-refractivity contribution in [2.75, 3.05) is 24.6 Å². The monoisotopic (exact) mass is 267 g/mol. The number of benzene rings is 1. The third kappa shape index (κ3) is 3.63. The SMILES string of the molecule is CCCOC1CCCN(c2ccc(CCl)cc2)C1. The molecule has 1 aliphatic heterocycles. The number of rotatable bonds is 5. The Hall–Kier alpha value is -0.730. The number of ether oxygens (including phenoxy) is 1. The summed E-state index contributed by atoms with van der Waals surface area (Å²) in [5.74, 6) is 0.586. The third-order valence-corrected chi connectivity index (χ3v) is 3.70. The third-order valence-electron chi connectivity index (χ3n) is 3.39. The molecule has 1 atom stereocenters. The Balaban J connectivity index is 1.94. The second-order valence-corrected chi connectivity index (χ2v) is 5.15. The van der Waals surface area contributed by atoms with Crippen LogP contribution in [-0.2, 0) is 10.6 Å². The molecule has 0 aromatic heterocycles. The Morgan fingerprint density at radius 1 is 1.33 bits per heavy atom. The van der Waals surface area contributed by atoms with Gasteiger partial charge in [0, 0.05) is 31.3 Å². The maximum absolute atomic E-state index is 5.87. The average molecular weight is 268 g/mol. The fourth-order valence-corrected chi connectivity index (χ4v) is 2.57. The van der Waals surface area contributed by atoms with Crippen molar-refractivity contribution in [2.24, 2.45) is 0 Å². The minimum Gasteiger partial charge on any atom is -0.376 e. The van der Waals surface area contributed by atoms with E-state index in [1.807, 2.05) is 0 Å². The molecule has 0 spiro atoms. The first-order valence-corrected chi connectivity index (χ1v) is 7.38. The van der Waals surface area contributed by atoms with E-state index in [-0.39, 0.29) is 0 Å². The summed E-state index contributed by atoms with van der Waals surface area (Å²) in [6.45, 7) is 5.18. The summed E-state index contributed by atoms with van der Waals surface area (Å²) in [5, 5.41) is 0. The summed E-state index contributed by atoms with van der Waals surface area (Å²) in [7, 11) is 0. The van der Waals surface area contributed by atoms with Gasteiger partial charge in [-0.15, -0.1) is 11.6 Å². The summed E-state index contributed by atoms with van der Waals surface area (Å²) in [4.78, 5) is 2.42. The fraction of sp³-hybridized carbons (Fsp3) is 0.600. The first-order valence-electron chi connectivity index (χ1n) is 6.85. The Kier molecular flexibility index (Phi) is 5.33. The van der Waals surface area contributed by atoms with Crippen molar-refractivity contribution in [1.82, 2.24) is 0 Å². The van der Waals surface area contributed by atoms with Crippen molar-refractivity contribution >= 4 is 17.3 Å². The standard InChI is InChI=1S/C15H22ClNO/c1-2-10-18-15-4-3-9-17(12-15)14-7-5-13(11-16)6-8-14/h5-8,15H,2-4,9-12H2,1H3. The number of nitrogens with zero attached hydrogens (tertiary/aromatic N) is 1. The molecule has 1 aromatic carbocycles. The molecule has 2 rings (SSSR count). The molecule has 3 heteroatoms. The van der Waals surface area contributed by atoms with E-state index in [1.54, 1.807) is 0 Å². The van der Waals surface area contributed by atoms with Crippen LogP contribution in [0.15, 0.2) is 24.3 Å². The van der Waals surface area contributed by atoms with Gasteiger partial charge in [0.2, 0.25) is 0 Å². The van der Waals surface area contributed by atoms with E-state index in [1.165, 1.54) is 24.1 Å². The van der Waals surface area contributed by atoms with Gasteiger partial charge in [0.1, 0.15) is 0 Å². The van der Waals surface area contributed by atoms with Crippen molar-refractivity contribution in [3.05, 3.63) is 29.8 Å². The highest BCUT2D eigenvalue weighted by Gasteiger charge is 2.20. The normalized spacial score (nSPS) is 20.1. The van der Waals surface area contributed by atoms with Gasteiger partial charge in [0.25, 0.3) is 0 Å². The van der Waals surface area contributed by atoms with E-state index in [0.29, 0.717) is 12.0 Å². The summed E-state index contributed by atoms with van der Waals surface area (Å²) in [5.41, 5.74) is 2.46. The lowest BCUT2D eigenvalue weighted by Crippen LogP contribution is -2.39. The molecular weight excluding hydrogens is 246 g/mol. The van der Waals surface area contributed by atoms with Gasteiger partial charge in [0.05, 0.1) is 6.10 Å². The molecule has 0 bridgehead atoms. The highest BCUT2D eigenvalue weighted by atomic mass is 35.5. The Bertz CT molecular complexity index is 352. The summed E-state index contributed by atoms with van der Waals surface area (Å²) < 4.78 is 5.87. The highest BCUT2D eigenvalue weighted by molar-refractivity contribution is 6.17. The fourth-order valence-electron chi connectivity index (χ4n) is 2.39. The topological polar surface area (TPSA) is 12.5 Å². The van der Waals surface area contributed by atoms with Crippen LogP contribution in [0.2, 0.25) is 0 Å². The minimum atomic E-state index is 0.395. The van der Waals surface area contributed by atoms with Gasteiger partial charge in [-0.25, -0.2) is 0 Å². The Morgan fingerprint density at radius 2 is 2.11 bits per heavy atom. The van der Waals surface area contributed by atoms with Crippen LogP contribution < -0.4 is 4.90 Å². The molecule has 1 unspecified atom stereocenters. The van der Waals surface area contributed by atoms with Gasteiger partial charge in [-0.1, -0.05) is 19.1 Å². The lowest BCUT2D eigenvalue weighted by Gasteiger charge is -2.34. The lowest BCUT2D eigenvalue weighted by atomic mass is 10.1. The molecule has 0 N–H and O–H groups in total. The van der Waals surface area contributed by atoms with Crippen molar-refractivity contribution in [1.29, 1.82) is 0 Å². The maximum atomic E-state index is 5.87. The van der Waals surface area contributed by atoms with Crippen molar-refractivity contribution in [2.45, 2.75) is 38.2 Å². The predicted molar refractivity (Wildman–Crippen MR) is 77.5 cm³/mol. The van der Waals surface area contributed by atoms with E-state index in [9.17, 15) is 0 Å². The van der Waals surface area contributed by atoms with Crippen molar-refractivity contribution < 1.29 is 4.74 Å². The van der Waals surface area contributed by atoms with Gasteiger partial charge < -0.3 is 9.64 Å². The highest BCUT2D eigenvalue weighted by Crippen LogP contribution is 2.22. The smallest absolute Gasteiger partial charge is 0.0750 e. The molecule has 1 fully saturated rings. The number of hydrogen-bond donors (Lipinski definition) is 0. The Morgan fingerprint density at radius 3 is 2.78 bits per heavy atom. The number of halogens is 1. The van der Waals surface area contributed by atoms with Crippen molar-refractivity contribution in [3.63, 3.8) is 0 Å². The predicted octanol–water partition coefficient (Wildman–Crippen LogP) is 3.82. The van der Waals surface area contributed by atoms with E-state index in [4.69, 9.17) is 16.3 Å². The quantitative estimate of drug-likeness (QED) is 0.752. The molecule has 1 heterocycles. The van der Waals surface area contributed by atoms with Crippen molar-refractivity contribution in [3.8, 4) is 0 Å². The average Bonchev–Trinajstić information content (AvgIpc) is 2.45. The molecule has 18 heavy (non-hydrogen) atoms. The van der Waals surface area contributed by atoms with Crippen LogP contribution in [0.3, 0.4) is 0 Å². The van der Waals surface area contributed by atoms with Crippen LogP contribution in [0.5, 0.6) is 0 Å². The van der Waals surface area contributed by atoms with Crippen LogP contribution in [0.4, 0.5) is 5.69 Å². The lowest BCUT2D eigenvalue weighted by molar-refractivity contribution is 0.0440. The zero-order valence-electron chi connectivity index (χ0n) is 11.1. The molecule has 0 amide bonds. The summed E-state index contributed by atoms with van der Waals surface area (Å²) >= 11 is 5.81. The van der Waals surface area contributed by atoms with Gasteiger partial charge in [-0.3, -0.25) is 0 Å². The molecular formula is C15H22ClNO. The van der Waals surface area contributed by atoms with Gasteiger partial charge >= 0.3 is 0 Å². The van der Waals surface area contributed by atoms with E-state index in [0.717, 1.165) is 26.1 Å². The minimum absolute atomic E-state index is 0.395. The van der Waals surface area contributed by atoms with Crippen LogP contribution in [-0.4, -0.2) is 25.8 Å². The molecule has 1 saturated heterocycles. The molecule has 100 valence electrons. The first kappa shape index (κ1) is 13.7. The second kappa shape index (κ2) is 7.01.